The lowest BCUT2D eigenvalue weighted by atomic mass is 10.3. The first-order valence-electron chi connectivity index (χ1n) is 5.22. The molecule has 0 spiro atoms. The van der Waals surface area contributed by atoms with Gasteiger partial charge in [-0.1, -0.05) is 0 Å². The van der Waals surface area contributed by atoms with E-state index >= 15 is 0 Å². The van der Waals surface area contributed by atoms with Crippen molar-refractivity contribution >= 4 is 15.7 Å². The van der Waals surface area contributed by atoms with Crippen molar-refractivity contribution in [2.45, 2.75) is 17.9 Å². The van der Waals surface area contributed by atoms with Gasteiger partial charge in [-0.05, 0) is 13.0 Å². The summed E-state index contributed by atoms with van der Waals surface area (Å²) in [4.78, 5) is 10.5. The van der Waals surface area contributed by atoms with E-state index in [-0.39, 0.29) is 10.6 Å². The van der Waals surface area contributed by atoms with E-state index in [2.05, 4.69) is 19.7 Å². The quantitative estimate of drug-likeness (QED) is 0.743. The molecule has 0 saturated carbocycles. The fraction of sp³-hybridized carbons (Fsp3) is 0.200. The zero-order valence-electron chi connectivity index (χ0n) is 9.66. The first kappa shape index (κ1) is 12.5. The fourth-order valence-corrected chi connectivity index (χ4v) is 2.76. The molecule has 0 aliphatic rings. The number of rotatable bonds is 4. The smallest absolute Gasteiger partial charge is 0.244 e. The molecule has 2 aromatic heterocycles. The number of nitrogens with two attached hydrogens (primary N) is 1. The summed E-state index contributed by atoms with van der Waals surface area (Å²) in [6.07, 6.45) is 5.83. The van der Waals surface area contributed by atoms with Crippen molar-refractivity contribution in [2.24, 2.45) is 0 Å². The van der Waals surface area contributed by atoms with Crippen LogP contribution in [0.5, 0.6) is 0 Å². The zero-order chi connectivity index (χ0) is 13.2. The Kier molecular flexibility index (Phi) is 3.30. The van der Waals surface area contributed by atoms with Crippen LogP contribution in [0, 0.1) is 0 Å². The number of hydrogen-bond donors (Lipinski definition) is 3. The number of pyridine rings is 1. The van der Waals surface area contributed by atoms with Gasteiger partial charge in [0.15, 0.2) is 0 Å². The second-order valence-electron chi connectivity index (χ2n) is 3.73. The average molecular weight is 267 g/mol. The van der Waals surface area contributed by atoms with E-state index in [9.17, 15) is 8.42 Å². The number of nitrogens with one attached hydrogen (secondary N) is 2. The molecule has 2 heterocycles. The molecule has 0 saturated heterocycles. The highest BCUT2D eigenvalue weighted by atomic mass is 32.2. The lowest BCUT2D eigenvalue weighted by molar-refractivity contribution is 0.561. The average Bonchev–Trinajstić information content (AvgIpc) is 2.82. The van der Waals surface area contributed by atoms with E-state index in [1.54, 1.807) is 19.3 Å². The van der Waals surface area contributed by atoms with Crippen LogP contribution < -0.4 is 10.5 Å². The topological polar surface area (TPSA) is 114 Å². The molecule has 1 atom stereocenters. The number of nitrogen functional groups attached to an aromatic ring is 1. The Bertz CT molecular complexity index is 623. The number of aromatic amines is 1. The van der Waals surface area contributed by atoms with E-state index in [1.807, 2.05) is 0 Å². The Balaban J connectivity index is 2.26. The summed E-state index contributed by atoms with van der Waals surface area (Å²) in [5.41, 5.74) is 5.78. The number of H-pyrrole nitrogens is 1. The number of aromatic nitrogens is 3. The summed E-state index contributed by atoms with van der Waals surface area (Å²) >= 11 is 0. The first-order valence-corrected chi connectivity index (χ1v) is 6.70. The van der Waals surface area contributed by atoms with Crippen molar-refractivity contribution in [2.75, 3.05) is 5.73 Å². The van der Waals surface area contributed by atoms with Gasteiger partial charge in [-0.3, -0.25) is 4.98 Å². The van der Waals surface area contributed by atoms with E-state index in [4.69, 9.17) is 5.73 Å². The molecule has 4 N–H and O–H groups in total. The maximum atomic E-state index is 12.1. The van der Waals surface area contributed by atoms with Crippen molar-refractivity contribution in [3.05, 3.63) is 36.7 Å². The van der Waals surface area contributed by atoms with Crippen LogP contribution >= 0.6 is 0 Å². The minimum absolute atomic E-state index is 0.0385. The zero-order valence-corrected chi connectivity index (χ0v) is 10.5. The molecule has 0 radical (unpaired) electrons. The molecule has 0 aromatic carbocycles. The van der Waals surface area contributed by atoms with Crippen LogP contribution in [0.4, 0.5) is 5.69 Å². The van der Waals surface area contributed by atoms with Gasteiger partial charge < -0.3 is 10.7 Å². The molecule has 2 aromatic rings. The number of nitrogens with zero attached hydrogens (tertiary/aromatic N) is 2. The minimum Gasteiger partial charge on any atom is -0.398 e. The molecule has 0 bridgehead atoms. The molecule has 96 valence electrons. The van der Waals surface area contributed by atoms with Gasteiger partial charge in [0.25, 0.3) is 0 Å². The van der Waals surface area contributed by atoms with Crippen LogP contribution in [0.1, 0.15) is 18.8 Å². The first-order chi connectivity index (χ1) is 8.50. The number of hydrogen-bond acceptors (Lipinski definition) is 5. The molecule has 0 aliphatic carbocycles. The summed E-state index contributed by atoms with van der Waals surface area (Å²) in [5.74, 6) is 0.529. The predicted molar refractivity (Wildman–Crippen MR) is 66.0 cm³/mol. The van der Waals surface area contributed by atoms with Crippen molar-refractivity contribution in [1.29, 1.82) is 0 Å². The van der Waals surface area contributed by atoms with Gasteiger partial charge in [-0.2, -0.15) is 0 Å². The van der Waals surface area contributed by atoms with Crippen LogP contribution in [-0.2, 0) is 10.0 Å². The summed E-state index contributed by atoms with van der Waals surface area (Å²) in [7, 11) is -3.71. The maximum Gasteiger partial charge on any atom is 0.244 e. The third-order valence-corrected chi connectivity index (χ3v) is 3.95. The molecule has 1 unspecified atom stereocenters. The maximum absolute atomic E-state index is 12.1. The van der Waals surface area contributed by atoms with Gasteiger partial charge in [0.05, 0.1) is 11.7 Å². The van der Waals surface area contributed by atoms with E-state index in [0.29, 0.717) is 5.82 Å². The lowest BCUT2D eigenvalue weighted by Gasteiger charge is -2.12. The second kappa shape index (κ2) is 4.75. The molecule has 0 aliphatic heterocycles. The van der Waals surface area contributed by atoms with Crippen LogP contribution in [0.2, 0.25) is 0 Å². The van der Waals surface area contributed by atoms with Crippen LogP contribution in [0.3, 0.4) is 0 Å². The molecule has 18 heavy (non-hydrogen) atoms. The number of anilines is 1. The molecule has 7 nitrogen and oxygen atoms in total. The van der Waals surface area contributed by atoms with Crippen molar-refractivity contribution < 1.29 is 8.42 Å². The van der Waals surface area contributed by atoms with E-state index < -0.39 is 16.1 Å². The highest BCUT2D eigenvalue weighted by Crippen LogP contribution is 2.18. The Morgan fingerprint density at radius 3 is 2.83 bits per heavy atom. The highest BCUT2D eigenvalue weighted by molar-refractivity contribution is 7.89. The van der Waals surface area contributed by atoms with Gasteiger partial charge in [0, 0.05) is 24.8 Å². The van der Waals surface area contributed by atoms with Gasteiger partial charge in [-0.25, -0.2) is 18.1 Å². The van der Waals surface area contributed by atoms with Gasteiger partial charge in [0.1, 0.15) is 10.7 Å². The second-order valence-corrected chi connectivity index (χ2v) is 5.41. The Morgan fingerprint density at radius 2 is 2.22 bits per heavy atom. The SMILES string of the molecule is CC(NS(=O)(=O)c1cnccc1N)c1ncc[nH]1. The molecule has 2 rings (SSSR count). The molecular weight excluding hydrogens is 254 g/mol. The third-order valence-electron chi connectivity index (χ3n) is 2.37. The van der Waals surface area contributed by atoms with E-state index in [0.717, 1.165) is 0 Å². The number of imidazole rings is 1. The molecular formula is C10H13N5O2S. The lowest BCUT2D eigenvalue weighted by Crippen LogP contribution is -2.28. The standard InChI is InChI=1S/C10H13N5O2S/c1-7(10-13-4-5-14-10)15-18(16,17)9-6-12-3-2-8(9)11/h2-7,15H,1H3,(H2,11,12)(H,13,14). The van der Waals surface area contributed by atoms with Crippen molar-refractivity contribution in [3.63, 3.8) is 0 Å². The normalized spacial score (nSPS) is 13.4. The Hall–Kier alpha value is -1.93. The summed E-state index contributed by atoms with van der Waals surface area (Å²) in [6.45, 7) is 1.68. The Morgan fingerprint density at radius 1 is 1.44 bits per heavy atom. The van der Waals surface area contributed by atoms with Gasteiger partial charge in [-0.15, -0.1) is 0 Å². The van der Waals surface area contributed by atoms with Crippen LogP contribution in [0.15, 0.2) is 35.7 Å². The monoisotopic (exact) mass is 267 g/mol. The summed E-state index contributed by atoms with van der Waals surface area (Å²) < 4.78 is 26.6. The molecule has 0 amide bonds. The molecule has 0 fully saturated rings. The highest BCUT2D eigenvalue weighted by Gasteiger charge is 2.21. The van der Waals surface area contributed by atoms with Crippen molar-refractivity contribution in [3.8, 4) is 0 Å². The fourth-order valence-electron chi connectivity index (χ4n) is 1.48. The van der Waals surface area contributed by atoms with Gasteiger partial charge in [0.2, 0.25) is 10.0 Å². The van der Waals surface area contributed by atoms with Crippen molar-refractivity contribution in [1.82, 2.24) is 19.7 Å². The number of sulfonamides is 1. The van der Waals surface area contributed by atoms with Crippen LogP contribution in [-0.4, -0.2) is 23.4 Å². The van der Waals surface area contributed by atoms with Crippen LogP contribution in [0.25, 0.3) is 0 Å². The largest absolute Gasteiger partial charge is 0.398 e. The minimum atomic E-state index is -3.71. The Labute approximate surface area is 105 Å². The predicted octanol–water partition coefficient (Wildman–Crippen LogP) is 0.426. The summed E-state index contributed by atoms with van der Waals surface area (Å²) in [5, 5.41) is 0. The summed E-state index contributed by atoms with van der Waals surface area (Å²) in [6, 6.07) is 0.955. The van der Waals surface area contributed by atoms with Gasteiger partial charge >= 0.3 is 0 Å². The third kappa shape index (κ3) is 2.49. The van der Waals surface area contributed by atoms with E-state index in [1.165, 1.54) is 18.5 Å². The molecule has 8 heteroatoms.